The van der Waals surface area contributed by atoms with Crippen LogP contribution < -0.4 is 5.32 Å². The minimum absolute atomic E-state index is 0.223. The molecule has 0 saturated carbocycles. The van der Waals surface area contributed by atoms with Gasteiger partial charge in [0.05, 0.1) is 17.4 Å². The molecule has 1 aliphatic heterocycles. The number of benzene rings is 2. The van der Waals surface area contributed by atoms with Gasteiger partial charge in [-0.2, -0.15) is 0 Å². The summed E-state index contributed by atoms with van der Waals surface area (Å²) in [5.74, 6) is 0. The zero-order valence-electron chi connectivity index (χ0n) is 16.6. The van der Waals surface area contributed by atoms with Crippen LogP contribution in [0, 0.1) is 6.92 Å². The molecule has 0 saturated heterocycles. The first kappa shape index (κ1) is 19.2. The summed E-state index contributed by atoms with van der Waals surface area (Å²) in [7, 11) is 4.22. The Morgan fingerprint density at radius 3 is 2.71 bits per heavy atom. The molecule has 6 heteroatoms. The van der Waals surface area contributed by atoms with Gasteiger partial charge in [0.15, 0.2) is 0 Å². The number of rotatable bonds is 5. The van der Waals surface area contributed by atoms with Crippen LogP contribution in [0.5, 0.6) is 0 Å². The molecule has 1 aromatic heterocycles. The first-order valence-electron chi connectivity index (χ1n) is 9.71. The van der Waals surface area contributed by atoms with E-state index in [-0.39, 0.29) is 6.04 Å². The molecule has 2 aromatic carbocycles. The third-order valence-corrected chi connectivity index (χ3v) is 5.81. The van der Waals surface area contributed by atoms with Crippen LogP contribution in [0.15, 0.2) is 46.9 Å². The van der Waals surface area contributed by atoms with Crippen LogP contribution in [-0.2, 0) is 13.0 Å². The Labute approximate surface area is 174 Å². The quantitative estimate of drug-likeness (QED) is 0.626. The molecule has 0 bridgehead atoms. The summed E-state index contributed by atoms with van der Waals surface area (Å²) >= 11 is 3.65. The predicted molar refractivity (Wildman–Crippen MR) is 118 cm³/mol. The predicted octanol–water partition coefficient (Wildman–Crippen LogP) is 4.68. The number of hydrogen-bond donors (Lipinski definition) is 1. The lowest BCUT2D eigenvalue weighted by Gasteiger charge is -2.21. The molecular formula is C22H26BrN5. The molecule has 0 spiro atoms. The van der Waals surface area contributed by atoms with E-state index in [0.717, 1.165) is 47.5 Å². The van der Waals surface area contributed by atoms with Crippen LogP contribution in [0.3, 0.4) is 0 Å². The number of hydrogen-bond acceptors (Lipinski definition) is 4. The summed E-state index contributed by atoms with van der Waals surface area (Å²) in [6, 6.07) is 15.6. The summed E-state index contributed by atoms with van der Waals surface area (Å²) in [6.07, 6.45) is 2.03. The normalized spacial score (nSPS) is 15.8. The summed E-state index contributed by atoms with van der Waals surface area (Å²) in [5.41, 5.74) is 7.13. The zero-order chi connectivity index (χ0) is 19.7. The fourth-order valence-electron chi connectivity index (χ4n) is 3.81. The van der Waals surface area contributed by atoms with E-state index in [1.54, 1.807) is 0 Å². The molecule has 2 heterocycles. The first-order chi connectivity index (χ1) is 13.5. The lowest BCUT2D eigenvalue weighted by Crippen LogP contribution is -2.15. The van der Waals surface area contributed by atoms with Gasteiger partial charge in [0.1, 0.15) is 0 Å². The van der Waals surface area contributed by atoms with Gasteiger partial charge < -0.3 is 10.2 Å². The second-order valence-electron chi connectivity index (χ2n) is 7.71. The van der Waals surface area contributed by atoms with Crippen LogP contribution in [0.1, 0.15) is 29.3 Å². The number of anilines is 1. The topological polar surface area (TPSA) is 46.0 Å². The standard InChI is InChI=1S/C22H26BrN5/c1-15-22-19-9-6-17(23)14-20(19)21(11-13-28(22)26-25-15)24-18-7-4-16(5-8-18)10-12-27(2)3/h4-9,14,21,24H,10-13H2,1-3H3. The number of fused-ring (bicyclic) bond motifs is 3. The Morgan fingerprint density at radius 1 is 1.18 bits per heavy atom. The highest BCUT2D eigenvalue weighted by atomic mass is 79.9. The smallest absolute Gasteiger partial charge is 0.0918 e. The minimum atomic E-state index is 0.223. The number of aromatic nitrogens is 3. The number of nitrogens with one attached hydrogen (secondary N) is 1. The molecule has 5 nitrogen and oxygen atoms in total. The monoisotopic (exact) mass is 439 g/mol. The summed E-state index contributed by atoms with van der Waals surface area (Å²) in [6.45, 7) is 3.95. The summed E-state index contributed by atoms with van der Waals surface area (Å²) in [4.78, 5) is 2.21. The molecule has 28 heavy (non-hydrogen) atoms. The van der Waals surface area contributed by atoms with E-state index in [4.69, 9.17) is 0 Å². The van der Waals surface area contributed by atoms with Crippen LogP contribution in [0.2, 0.25) is 0 Å². The lowest BCUT2D eigenvalue weighted by molar-refractivity contribution is 0.413. The van der Waals surface area contributed by atoms with E-state index >= 15 is 0 Å². The average molecular weight is 440 g/mol. The molecule has 1 aliphatic rings. The van der Waals surface area contributed by atoms with Crippen LogP contribution in [-0.4, -0.2) is 40.5 Å². The van der Waals surface area contributed by atoms with Gasteiger partial charge in [-0.25, -0.2) is 4.68 Å². The van der Waals surface area contributed by atoms with E-state index < -0.39 is 0 Å². The highest BCUT2D eigenvalue weighted by molar-refractivity contribution is 9.10. The van der Waals surface area contributed by atoms with Gasteiger partial charge in [-0.15, -0.1) is 5.10 Å². The third-order valence-electron chi connectivity index (χ3n) is 5.32. The number of nitrogens with zero attached hydrogens (tertiary/aromatic N) is 4. The van der Waals surface area contributed by atoms with Crippen molar-refractivity contribution in [2.75, 3.05) is 26.0 Å². The largest absolute Gasteiger partial charge is 0.378 e. The van der Waals surface area contributed by atoms with Crippen LogP contribution in [0.25, 0.3) is 11.3 Å². The molecule has 0 fully saturated rings. The minimum Gasteiger partial charge on any atom is -0.378 e. The molecular weight excluding hydrogens is 414 g/mol. The highest BCUT2D eigenvalue weighted by Crippen LogP contribution is 2.38. The molecule has 0 amide bonds. The Balaban J connectivity index is 1.60. The average Bonchev–Trinajstić information content (AvgIpc) is 2.97. The third kappa shape index (κ3) is 3.98. The Morgan fingerprint density at radius 2 is 1.96 bits per heavy atom. The lowest BCUT2D eigenvalue weighted by atomic mass is 9.96. The van der Waals surface area contributed by atoms with E-state index in [1.807, 2.05) is 11.6 Å². The van der Waals surface area contributed by atoms with E-state index in [9.17, 15) is 0 Å². The highest BCUT2D eigenvalue weighted by Gasteiger charge is 2.25. The van der Waals surface area contributed by atoms with Crippen molar-refractivity contribution in [2.24, 2.45) is 0 Å². The van der Waals surface area contributed by atoms with Crippen LogP contribution in [0.4, 0.5) is 5.69 Å². The van der Waals surface area contributed by atoms with Gasteiger partial charge in [-0.3, -0.25) is 0 Å². The van der Waals surface area contributed by atoms with Crippen molar-refractivity contribution in [1.82, 2.24) is 19.9 Å². The summed E-state index contributed by atoms with van der Waals surface area (Å²) < 4.78 is 3.13. The molecule has 0 radical (unpaired) electrons. The number of halogens is 1. The van der Waals surface area contributed by atoms with Crippen molar-refractivity contribution in [3.63, 3.8) is 0 Å². The Hall–Kier alpha value is -2.18. The molecule has 3 aromatic rings. The van der Waals surface area contributed by atoms with E-state index in [2.05, 4.69) is 93.0 Å². The van der Waals surface area contributed by atoms with Gasteiger partial charge in [0.2, 0.25) is 0 Å². The maximum Gasteiger partial charge on any atom is 0.0918 e. The van der Waals surface area contributed by atoms with Gasteiger partial charge in [-0.1, -0.05) is 39.3 Å². The first-order valence-corrected chi connectivity index (χ1v) is 10.5. The maximum atomic E-state index is 4.35. The van der Waals surface area contributed by atoms with Crippen molar-refractivity contribution in [3.05, 3.63) is 63.8 Å². The Kier molecular flexibility index (Phi) is 5.51. The van der Waals surface area contributed by atoms with Crippen LogP contribution >= 0.6 is 15.9 Å². The SMILES string of the molecule is Cc1nnn2c1-c1ccc(Br)cc1C(Nc1ccc(CCN(C)C)cc1)CC2. The molecule has 0 aliphatic carbocycles. The van der Waals surface area contributed by atoms with Crippen molar-refractivity contribution in [2.45, 2.75) is 32.4 Å². The fourth-order valence-corrected chi connectivity index (χ4v) is 4.19. The molecule has 1 N–H and O–H groups in total. The molecule has 1 unspecified atom stereocenters. The van der Waals surface area contributed by atoms with Gasteiger partial charge in [0.25, 0.3) is 0 Å². The van der Waals surface area contributed by atoms with E-state index in [1.165, 1.54) is 16.7 Å². The van der Waals surface area contributed by atoms with Crippen molar-refractivity contribution in [3.8, 4) is 11.3 Å². The fraction of sp³-hybridized carbons (Fsp3) is 0.364. The molecule has 146 valence electrons. The molecule has 4 rings (SSSR count). The number of aryl methyl sites for hydroxylation is 2. The second-order valence-corrected chi connectivity index (χ2v) is 8.63. The second kappa shape index (κ2) is 8.05. The Bertz CT molecular complexity index is 962. The van der Waals surface area contributed by atoms with Crippen molar-refractivity contribution in [1.29, 1.82) is 0 Å². The van der Waals surface area contributed by atoms with Gasteiger partial charge >= 0.3 is 0 Å². The zero-order valence-corrected chi connectivity index (χ0v) is 18.2. The maximum absolute atomic E-state index is 4.35. The number of likely N-dealkylation sites (N-methyl/N-ethyl adjacent to an activating group) is 1. The van der Waals surface area contributed by atoms with Gasteiger partial charge in [-0.05, 0) is 69.3 Å². The molecule has 1 atom stereocenters. The summed E-state index contributed by atoms with van der Waals surface area (Å²) in [5, 5.41) is 12.4. The van der Waals surface area contributed by atoms with Crippen molar-refractivity contribution < 1.29 is 0 Å². The van der Waals surface area contributed by atoms with E-state index in [0.29, 0.717) is 0 Å². The van der Waals surface area contributed by atoms with Gasteiger partial charge in [0, 0.05) is 28.8 Å². The van der Waals surface area contributed by atoms with Crippen molar-refractivity contribution >= 4 is 21.6 Å².